The first kappa shape index (κ1) is 16.8. The Morgan fingerprint density at radius 3 is 2.54 bits per heavy atom. The Labute approximate surface area is 161 Å². The molecule has 4 aromatic rings. The smallest absolute Gasteiger partial charge is 0.103 e. The van der Waals surface area contributed by atoms with Crippen LogP contribution in [0.25, 0.3) is 27.5 Å². The van der Waals surface area contributed by atoms with Gasteiger partial charge in [0.15, 0.2) is 0 Å². The molecule has 0 unspecified atom stereocenters. The molecule has 1 aromatic carbocycles. The predicted octanol–water partition coefficient (Wildman–Crippen LogP) is 6.27. The molecular formula is C21H19N3S2. The summed E-state index contributed by atoms with van der Waals surface area (Å²) in [5, 5.41) is 12.2. The number of benzene rings is 1. The summed E-state index contributed by atoms with van der Waals surface area (Å²) in [6.45, 7) is 6.27. The quantitative estimate of drug-likeness (QED) is 0.444. The third kappa shape index (κ3) is 3.23. The fraction of sp³-hybridized carbons (Fsp3) is 0.0952. The molecule has 3 heterocycles. The summed E-state index contributed by atoms with van der Waals surface area (Å²) in [5.74, 6) is 0. The zero-order valence-electron chi connectivity index (χ0n) is 14.7. The van der Waals surface area contributed by atoms with Gasteiger partial charge in [0.05, 0.1) is 15.4 Å². The van der Waals surface area contributed by atoms with Gasteiger partial charge in [-0.3, -0.25) is 4.68 Å². The van der Waals surface area contributed by atoms with Gasteiger partial charge in [0, 0.05) is 18.4 Å². The molecule has 0 aliphatic rings. The van der Waals surface area contributed by atoms with Gasteiger partial charge in [-0.25, -0.2) is 0 Å². The molecule has 0 spiro atoms. The first-order chi connectivity index (χ1) is 12.6. The number of anilines is 1. The molecule has 0 saturated carbocycles. The summed E-state index contributed by atoms with van der Waals surface area (Å²) >= 11 is 3.42. The Kier molecular flexibility index (Phi) is 4.49. The number of hydrogen-bond acceptors (Lipinski definition) is 4. The summed E-state index contributed by atoms with van der Waals surface area (Å²) in [6.07, 6.45) is 0. The van der Waals surface area contributed by atoms with Crippen LogP contribution in [0.4, 0.5) is 5.69 Å². The van der Waals surface area contributed by atoms with Crippen molar-refractivity contribution in [1.29, 1.82) is 0 Å². The lowest BCUT2D eigenvalue weighted by Gasteiger charge is -2.10. The van der Waals surface area contributed by atoms with E-state index in [9.17, 15) is 0 Å². The largest absolute Gasteiger partial charge is 0.355 e. The highest BCUT2D eigenvalue weighted by Gasteiger charge is 2.10. The molecule has 4 rings (SSSR count). The van der Waals surface area contributed by atoms with Crippen LogP contribution in [0.15, 0.2) is 65.9 Å². The van der Waals surface area contributed by atoms with Gasteiger partial charge in [0.2, 0.25) is 0 Å². The second-order valence-electron chi connectivity index (χ2n) is 6.13. The Morgan fingerprint density at radius 2 is 1.88 bits per heavy atom. The van der Waals surface area contributed by atoms with Crippen LogP contribution in [-0.2, 0) is 7.05 Å². The SMILES string of the molecule is C=C(Nc1ccc(-c2cc(-c3cccs3)nn2C)cc1)c1sccc1C. The van der Waals surface area contributed by atoms with Gasteiger partial charge in [-0.2, -0.15) is 5.10 Å². The average molecular weight is 378 g/mol. The molecule has 130 valence electrons. The molecule has 0 amide bonds. The lowest BCUT2D eigenvalue weighted by atomic mass is 10.1. The van der Waals surface area contributed by atoms with E-state index in [1.54, 1.807) is 22.7 Å². The number of aromatic nitrogens is 2. The van der Waals surface area contributed by atoms with Gasteiger partial charge in [0.1, 0.15) is 5.69 Å². The van der Waals surface area contributed by atoms with Crippen LogP contribution in [0.2, 0.25) is 0 Å². The van der Waals surface area contributed by atoms with Gasteiger partial charge < -0.3 is 5.32 Å². The average Bonchev–Trinajstić information content (AvgIpc) is 3.36. The second-order valence-corrected chi connectivity index (χ2v) is 7.99. The Bertz CT molecular complexity index is 1040. The summed E-state index contributed by atoms with van der Waals surface area (Å²) in [6, 6.07) is 16.8. The monoisotopic (exact) mass is 377 g/mol. The van der Waals surface area contributed by atoms with Crippen LogP contribution < -0.4 is 5.32 Å². The molecule has 0 saturated heterocycles. The Hall–Kier alpha value is -2.63. The summed E-state index contributed by atoms with van der Waals surface area (Å²) in [4.78, 5) is 2.38. The standard InChI is InChI=1S/C21H19N3S2/c1-14-10-12-26-21(14)15(2)22-17-8-6-16(7-9-17)19-13-18(23-24(19)3)20-5-4-11-25-20/h4-13,22H,2H2,1,3H3. The van der Waals surface area contributed by atoms with E-state index in [0.717, 1.165) is 28.3 Å². The molecule has 0 aliphatic carbocycles. The summed E-state index contributed by atoms with van der Waals surface area (Å²) in [5.41, 5.74) is 6.48. The number of nitrogens with one attached hydrogen (secondary N) is 1. The fourth-order valence-electron chi connectivity index (χ4n) is 2.92. The minimum absolute atomic E-state index is 0.936. The first-order valence-corrected chi connectivity index (χ1v) is 10.1. The zero-order chi connectivity index (χ0) is 18.1. The highest BCUT2D eigenvalue weighted by molar-refractivity contribution is 7.13. The fourth-order valence-corrected chi connectivity index (χ4v) is 4.46. The summed E-state index contributed by atoms with van der Waals surface area (Å²) < 4.78 is 1.94. The van der Waals surface area contributed by atoms with Crippen molar-refractivity contribution in [3.63, 3.8) is 0 Å². The van der Waals surface area contributed by atoms with Gasteiger partial charge >= 0.3 is 0 Å². The predicted molar refractivity (Wildman–Crippen MR) is 114 cm³/mol. The molecule has 3 aromatic heterocycles. The van der Waals surface area contributed by atoms with E-state index in [2.05, 4.69) is 83.2 Å². The van der Waals surface area contributed by atoms with Gasteiger partial charge in [-0.05, 0) is 59.1 Å². The van der Waals surface area contributed by atoms with Crippen LogP contribution in [-0.4, -0.2) is 9.78 Å². The lowest BCUT2D eigenvalue weighted by molar-refractivity contribution is 0.779. The minimum Gasteiger partial charge on any atom is -0.355 e. The molecule has 0 aliphatic heterocycles. The molecule has 0 bridgehead atoms. The van der Waals surface area contributed by atoms with Crippen LogP contribution in [0, 0.1) is 6.92 Å². The van der Waals surface area contributed by atoms with E-state index in [1.807, 2.05) is 11.7 Å². The van der Waals surface area contributed by atoms with Gasteiger partial charge in [-0.1, -0.05) is 24.8 Å². The molecule has 0 fully saturated rings. The maximum atomic E-state index is 4.64. The number of thiophene rings is 2. The number of nitrogens with zero attached hydrogens (tertiary/aromatic N) is 2. The van der Waals surface area contributed by atoms with Crippen molar-refractivity contribution in [2.75, 3.05) is 5.32 Å². The van der Waals surface area contributed by atoms with E-state index < -0.39 is 0 Å². The molecule has 1 N–H and O–H groups in total. The van der Waals surface area contributed by atoms with E-state index >= 15 is 0 Å². The first-order valence-electron chi connectivity index (χ1n) is 8.30. The lowest BCUT2D eigenvalue weighted by Crippen LogP contribution is -1.97. The Morgan fingerprint density at radius 1 is 1.08 bits per heavy atom. The summed E-state index contributed by atoms with van der Waals surface area (Å²) in [7, 11) is 1.99. The van der Waals surface area contributed by atoms with Crippen molar-refractivity contribution < 1.29 is 0 Å². The molecule has 0 radical (unpaired) electrons. The van der Waals surface area contributed by atoms with Crippen molar-refractivity contribution in [2.24, 2.45) is 7.05 Å². The van der Waals surface area contributed by atoms with Crippen LogP contribution in [0.3, 0.4) is 0 Å². The van der Waals surface area contributed by atoms with E-state index in [1.165, 1.54) is 15.3 Å². The zero-order valence-corrected chi connectivity index (χ0v) is 16.3. The van der Waals surface area contributed by atoms with Crippen molar-refractivity contribution in [3.05, 3.63) is 76.3 Å². The number of aryl methyl sites for hydroxylation is 2. The minimum atomic E-state index is 0.936. The van der Waals surface area contributed by atoms with Crippen LogP contribution >= 0.6 is 22.7 Å². The van der Waals surface area contributed by atoms with Crippen molar-refractivity contribution in [2.45, 2.75) is 6.92 Å². The Balaban J connectivity index is 1.55. The molecule has 26 heavy (non-hydrogen) atoms. The second kappa shape index (κ2) is 6.94. The maximum absolute atomic E-state index is 4.64. The van der Waals surface area contributed by atoms with E-state index in [-0.39, 0.29) is 0 Å². The van der Waals surface area contributed by atoms with Gasteiger partial charge in [-0.15, -0.1) is 22.7 Å². The third-order valence-corrected chi connectivity index (χ3v) is 6.23. The highest BCUT2D eigenvalue weighted by atomic mass is 32.1. The molecule has 0 atom stereocenters. The number of rotatable bonds is 5. The highest BCUT2D eigenvalue weighted by Crippen LogP contribution is 2.30. The van der Waals surface area contributed by atoms with Crippen molar-refractivity contribution >= 4 is 34.1 Å². The molecular weight excluding hydrogens is 358 g/mol. The van der Waals surface area contributed by atoms with Crippen LogP contribution in [0.1, 0.15) is 10.4 Å². The molecule has 5 heteroatoms. The molecule has 3 nitrogen and oxygen atoms in total. The normalized spacial score (nSPS) is 10.8. The van der Waals surface area contributed by atoms with Crippen LogP contribution in [0.5, 0.6) is 0 Å². The van der Waals surface area contributed by atoms with Crippen molar-refractivity contribution in [3.8, 4) is 21.8 Å². The van der Waals surface area contributed by atoms with Crippen molar-refractivity contribution in [1.82, 2.24) is 9.78 Å². The maximum Gasteiger partial charge on any atom is 0.103 e. The van der Waals surface area contributed by atoms with E-state index in [4.69, 9.17) is 0 Å². The number of hydrogen-bond donors (Lipinski definition) is 1. The van der Waals surface area contributed by atoms with Gasteiger partial charge in [0.25, 0.3) is 0 Å². The third-order valence-electron chi connectivity index (χ3n) is 4.27. The van der Waals surface area contributed by atoms with E-state index in [0.29, 0.717) is 0 Å². The topological polar surface area (TPSA) is 29.9 Å².